The number of thioether (sulfide) groups is 1. The Hall–Kier alpha value is -0.570. The second kappa shape index (κ2) is 7.80. The lowest BCUT2D eigenvalue weighted by Crippen LogP contribution is -2.05. The van der Waals surface area contributed by atoms with Crippen molar-refractivity contribution in [3.8, 4) is 0 Å². The fourth-order valence-electron chi connectivity index (χ4n) is 0.971. The van der Waals surface area contributed by atoms with Crippen LogP contribution in [0.1, 0.15) is 33.1 Å². The summed E-state index contributed by atoms with van der Waals surface area (Å²) in [6.45, 7) is 7.50. The summed E-state index contributed by atoms with van der Waals surface area (Å²) >= 11 is 1.53. The van der Waals surface area contributed by atoms with Crippen LogP contribution in [-0.4, -0.2) is 17.1 Å². The molecular weight excluding hydrogens is 194 g/mol. The Morgan fingerprint density at radius 1 is 1.57 bits per heavy atom. The van der Waals surface area contributed by atoms with Crippen LogP contribution in [-0.2, 0) is 4.79 Å². The van der Waals surface area contributed by atoms with E-state index in [-0.39, 0.29) is 0 Å². The van der Waals surface area contributed by atoms with Crippen LogP contribution in [0.25, 0.3) is 0 Å². The number of Topliss-reactive ketones (excluding diaryl/α,β-unsaturated/α-hetero) is 1. The van der Waals surface area contributed by atoms with E-state index in [0.717, 1.165) is 17.9 Å². The molecule has 0 bridgehead atoms. The molecule has 0 radical (unpaired) electrons. The average Bonchev–Trinajstić information content (AvgIpc) is 3.03. The van der Waals surface area contributed by atoms with E-state index in [2.05, 4.69) is 11.6 Å². The molecule has 0 saturated heterocycles. The lowest BCUT2D eigenvalue weighted by atomic mass is 10.2. The van der Waals surface area contributed by atoms with E-state index in [4.69, 9.17) is 0 Å². The van der Waals surface area contributed by atoms with Gasteiger partial charge in [-0.15, -0.1) is 11.8 Å². The fraction of sp³-hybridized carbons (Fsp3) is 0.636. The molecule has 1 aliphatic rings. The highest BCUT2D eigenvalue weighted by molar-refractivity contribution is 8.13. The van der Waals surface area contributed by atoms with Crippen LogP contribution in [0.3, 0.4) is 0 Å². The molecule has 0 unspecified atom stereocenters. The first-order chi connectivity index (χ1) is 6.77. The van der Waals surface area contributed by atoms with Crippen LogP contribution >= 0.6 is 11.8 Å². The molecule has 1 fully saturated rings. The Kier molecular flexibility index (Phi) is 7.48. The predicted octanol–water partition coefficient (Wildman–Crippen LogP) is 3.29. The van der Waals surface area contributed by atoms with Gasteiger partial charge in [-0.05, 0) is 19.1 Å². The number of hydrogen-bond donors (Lipinski definition) is 0. The van der Waals surface area contributed by atoms with E-state index in [1.165, 1.54) is 18.0 Å². The smallest absolute Gasteiger partial charge is 0.142 e. The van der Waals surface area contributed by atoms with Gasteiger partial charge < -0.3 is 0 Å². The van der Waals surface area contributed by atoms with E-state index >= 15 is 0 Å². The van der Waals surface area contributed by atoms with Crippen molar-refractivity contribution < 1.29 is 4.79 Å². The topological polar surface area (TPSA) is 29.4 Å². The van der Waals surface area contributed by atoms with Crippen LogP contribution in [0.2, 0.25) is 0 Å². The minimum atomic E-state index is 0.338. The lowest BCUT2D eigenvalue weighted by molar-refractivity contribution is -0.119. The Bertz CT molecular complexity index is 219. The monoisotopic (exact) mass is 213 g/mol. The SMILES string of the molecule is C=CN=C(CC(=O)C1CC1)SC.CC. The molecule has 0 aromatic carbocycles. The molecule has 0 heterocycles. The van der Waals surface area contributed by atoms with Gasteiger partial charge in [-0.1, -0.05) is 20.4 Å². The number of aliphatic imine (C=N–C) groups is 1. The zero-order chi connectivity index (χ0) is 11.0. The maximum absolute atomic E-state index is 11.3. The standard InChI is InChI=1S/C9H13NOS.C2H6/c1-3-10-9(12-2)6-8(11)7-4-5-7;1-2/h3,7H,1,4-6H2,2H3;1-2H3. The molecule has 1 aliphatic carbocycles. The van der Waals surface area contributed by atoms with Crippen LogP contribution in [0.4, 0.5) is 0 Å². The average molecular weight is 213 g/mol. The van der Waals surface area contributed by atoms with E-state index in [1.54, 1.807) is 0 Å². The third kappa shape index (κ3) is 5.22. The van der Waals surface area contributed by atoms with Crippen molar-refractivity contribution >= 4 is 22.6 Å². The van der Waals surface area contributed by atoms with Crippen LogP contribution in [0.15, 0.2) is 17.8 Å². The summed E-state index contributed by atoms with van der Waals surface area (Å²) < 4.78 is 0. The molecule has 80 valence electrons. The third-order valence-electron chi connectivity index (χ3n) is 1.83. The van der Waals surface area contributed by atoms with Crippen molar-refractivity contribution in [2.75, 3.05) is 6.26 Å². The Morgan fingerprint density at radius 3 is 2.50 bits per heavy atom. The predicted molar refractivity (Wildman–Crippen MR) is 64.8 cm³/mol. The maximum atomic E-state index is 11.3. The molecule has 0 aromatic rings. The van der Waals surface area contributed by atoms with Gasteiger partial charge in [-0.2, -0.15) is 0 Å². The molecule has 1 rings (SSSR count). The second-order valence-corrected chi connectivity index (χ2v) is 3.71. The molecule has 0 amide bonds. The normalized spacial score (nSPS) is 15.5. The summed E-state index contributed by atoms with van der Waals surface area (Å²) in [5.74, 6) is 0.678. The number of hydrogen-bond acceptors (Lipinski definition) is 3. The first-order valence-electron chi connectivity index (χ1n) is 5.02. The molecule has 1 saturated carbocycles. The largest absolute Gasteiger partial charge is 0.299 e. The number of rotatable bonds is 4. The fourth-order valence-corrected chi connectivity index (χ4v) is 1.44. The summed E-state index contributed by atoms with van der Waals surface area (Å²) in [5, 5.41) is 0.877. The first-order valence-corrected chi connectivity index (χ1v) is 6.24. The van der Waals surface area contributed by atoms with E-state index in [0.29, 0.717) is 18.1 Å². The van der Waals surface area contributed by atoms with Gasteiger partial charge in [0.1, 0.15) is 5.78 Å². The minimum Gasteiger partial charge on any atom is -0.299 e. The third-order valence-corrected chi connectivity index (χ3v) is 2.55. The van der Waals surface area contributed by atoms with Crippen molar-refractivity contribution in [1.29, 1.82) is 0 Å². The van der Waals surface area contributed by atoms with E-state index < -0.39 is 0 Å². The van der Waals surface area contributed by atoms with Crippen molar-refractivity contribution in [2.45, 2.75) is 33.1 Å². The Morgan fingerprint density at radius 2 is 2.14 bits per heavy atom. The Labute approximate surface area is 90.9 Å². The number of carbonyl (C=O) groups excluding carboxylic acids is 1. The number of carbonyl (C=O) groups is 1. The van der Waals surface area contributed by atoms with Gasteiger partial charge in [0.25, 0.3) is 0 Å². The van der Waals surface area contributed by atoms with Crippen molar-refractivity contribution in [1.82, 2.24) is 0 Å². The van der Waals surface area contributed by atoms with Gasteiger partial charge >= 0.3 is 0 Å². The Balaban J connectivity index is 0.000000791. The highest BCUT2D eigenvalue weighted by Gasteiger charge is 2.29. The maximum Gasteiger partial charge on any atom is 0.142 e. The van der Waals surface area contributed by atoms with Gasteiger partial charge in [0.15, 0.2) is 0 Å². The zero-order valence-corrected chi connectivity index (χ0v) is 10.1. The van der Waals surface area contributed by atoms with Crippen molar-refractivity contribution in [2.24, 2.45) is 10.9 Å². The molecule has 2 nitrogen and oxygen atoms in total. The molecule has 3 heteroatoms. The molecular formula is C11H19NOS. The van der Waals surface area contributed by atoms with E-state index in [9.17, 15) is 4.79 Å². The molecule has 14 heavy (non-hydrogen) atoms. The van der Waals surface area contributed by atoms with Crippen LogP contribution in [0, 0.1) is 5.92 Å². The molecule has 0 aromatic heterocycles. The quantitative estimate of drug-likeness (QED) is 0.530. The summed E-state index contributed by atoms with van der Waals surface area (Å²) in [7, 11) is 0. The first kappa shape index (κ1) is 13.4. The summed E-state index contributed by atoms with van der Waals surface area (Å²) in [5.41, 5.74) is 0. The van der Waals surface area contributed by atoms with Gasteiger partial charge in [-0.25, -0.2) is 0 Å². The molecule has 0 atom stereocenters. The molecule has 0 spiro atoms. The summed E-state index contributed by atoms with van der Waals surface area (Å²) in [4.78, 5) is 15.3. The summed E-state index contributed by atoms with van der Waals surface area (Å²) in [6, 6.07) is 0. The number of ketones is 1. The van der Waals surface area contributed by atoms with Crippen LogP contribution < -0.4 is 0 Å². The second-order valence-electron chi connectivity index (χ2n) is 2.83. The van der Waals surface area contributed by atoms with Gasteiger partial charge in [0, 0.05) is 12.1 Å². The highest BCUT2D eigenvalue weighted by atomic mass is 32.2. The van der Waals surface area contributed by atoms with Crippen LogP contribution in [0.5, 0.6) is 0 Å². The van der Waals surface area contributed by atoms with Gasteiger partial charge in [0.2, 0.25) is 0 Å². The lowest BCUT2D eigenvalue weighted by Gasteiger charge is -1.98. The van der Waals surface area contributed by atoms with Gasteiger partial charge in [0.05, 0.1) is 11.5 Å². The zero-order valence-electron chi connectivity index (χ0n) is 9.25. The molecule has 0 N–H and O–H groups in total. The number of nitrogens with zero attached hydrogens (tertiary/aromatic N) is 1. The summed E-state index contributed by atoms with van der Waals surface area (Å²) in [6.07, 6.45) is 6.08. The minimum absolute atomic E-state index is 0.338. The van der Waals surface area contributed by atoms with Crippen molar-refractivity contribution in [3.63, 3.8) is 0 Å². The highest BCUT2D eigenvalue weighted by Crippen LogP contribution is 2.31. The van der Waals surface area contributed by atoms with Gasteiger partial charge in [-0.3, -0.25) is 9.79 Å². The molecule has 0 aliphatic heterocycles. The van der Waals surface area contributed by atoms with E-state index in [1.807, 2.05) is 20.1 Å². The van der Waals surface area contributed by atoms with Crippen molar-refractivity contribution in [3.05, 3.63) is 12.8 Å².